The second-order valence-electron chi connectivity index (χ2n) is 4.68. The van der Waals surface area contributed by atoms with E-state index >= 15 is 0 Å². The van der Waals surface area contributed by atoms with Crippen LogP contribution < -0.4 is 10.6 Å². The van der Waals surface area contributed by atoms with Crippen molar-refractivity contribution < 1.29 is 4.79 Å². The number of anilines is 1. The van der Waals surface area contributed by atoms with Gasteiger partial charge < -0.3 is 15.6 Å². The summed E-state index contributed by atoms with van der Waals surface area (Å²) < 4.78 is 0. The number of carbonyl (C=O) groups excluding carboxylic acids is 1. The lowest BCUT2D eigenvalue weighted by molar-refractivity contribution is -0.117. The SMILES string of the molecule is O=C(Nc1ccc(-c2cnc[nH]2)cc1)[C@@H]1CCCN1. The van der Waals surface area contributed by atoms with Crippen LogP contribution in [-0.2, 0) is 4.79 Å². The van der Waals surface area contributed by atoms with E-state index in [2.05, 4.69) is 20.6 Å². The van der Waals surface area contributed by atoms with Gasteiger partial charge in [0.25, 0.3) is 0 Å². The first-order chi connectivity index (χ1) is 9.33. The Morgan fingerprint density at radius 3 is 2.79 bits per heavy atom. The first-order valence-corrected chi connectivity index (χ1v) is 6.46. The maximum atomic E-state index is 11.9. The Balaban J connectivity index is 1.67. The molecule has 3 rings (SSSR count). The molecule has 5 nitrogen and oxygen atoms in total. The molecular formula is C14H16N4O. The van der Waals surface area contributed by atoms with Crippen LogP contribution in [0.2, 0.25) is 0 Å². The maximum Gasteiger partial charge on any atom is 0.241 e. The van der Waals surface area contributed by atoms with Gasteiger partial charge in [0.2, 0.25) is 5.91 Å². The number of nitrogens with zero attached hydrogens (tertiary/aromatic N) is 1. The van der Waals surface area contributed by atoms with E-state index in [0.29, 0.717) is 0 Å². The third-order valence-corrected chi connectivity index (χ3v) is 3.34. The van der Waals surface area contributed by atoms with Crippen molar-refractivity contribution in [2.45, 2.75) is 18.9 Å². The molecule has 3 N–H and O–H groups in total. The predicted molar refractivity (Wildman–Crippen MR) is 73.7 cm³/mol. The third kappa shape index (κ3) is 2.66. The number of carbonyl (C=O) groups is 1. The van der Waals surface area contributed by atoms with Crippen LogP contribution in [0.3, 0.4) is 0 Å². The summed E-state index contributed by atoms with van der Waals surface area (Å²) in [6, 6.07) is 7.69. The molecule has 0 aliphatic carbocycles. The van der Waals surface area contributed by atoms with Crippen LogP contribution in [0.25, 0.3) is 11.3 Å². The Hall–Kier alpha value is -2.14. The molecule has 1 amide bonds. The van der Waals surface area contributed by atoms with Gasteiger partial charge in [-0.15, -0.1) is 0 Å². The van der Waals surface area contributed by atoms with Crippen LogP contribution in [-0.4, -0.2) is 28.5 Å². The van der Waals surface area contributed by atoms with Crippen molar-refractivity contribution in [3.05, 3.63) is 36.8 Å². The molecule has 1 atom stereocenters. The van der Waals surface area contributed by atoms with Crippen molar-refractivity contribution in [3.63, 3.8) is 0 Å². The minimum absolute atomic E-state index is 0.0480. The predicted octanol–water partition coefficient (Wildman–Crippen LogP) is 1.77. The first-order valence-electron chi connectivity index (χ1n) is 6.46. The van der Waals surface area contributed by atoms with E-state index in [9.17, 15) is 4.79 Å². The van der Waals surface area contributed by atoms with E-state index < -0.39 is 0 Å². The number of rotatable bonds is 3. The monoisotopic (exact) mass is 256 g/mol. The zero-order valence-electron chi connectivity index (χ0n) is 10.5. The van der Waals surface area contributed by atoms with E-state index in [1.54, 1.807) is 12.5 Å². The number of nitrogens with one attached hydrogen (secondary N) is 3. The van der Waals surface area contributed by atoms with Crippen molar-refractivity contribution in [2.75, 3.05) is 11.9 Å². The summed E-state index contributed by atoms with van der Waals surface area (Å²) in [7, 11) is 0. The Morgan fingerprint density at radius 1 is 1.32 bits per heavy atom. The highest BCUT2D eigenvalue weighted by Gasteiger charge is 2.21. The van der Waals surface area contributed by atoms with Crippen LogP contribution in [0, 0.1) is 0 Å². The molecule has 0 bridgehead atoms. The van der Waals surface area contributed by atoms with Gasteiger partial charge in [-0.2, -0.15) is 0 Å². The van der Waals surface area contributed by atoms with Crippen molar-refractivity contribution in [2.24, 2.45) is 0 Å². The molecule has 0 spiro atoms. The van der Waals surface area contributed by atoms with Gasteiger partial charge in [0, 0.05) is 5.69 Å². The van der Waals surface area contributed by atoms with Gasteiger partial charge in [-0.25, -0.2) is 4.98 Å². The highest BCUT2D eigenvalue weighted by Crippen LogP contribution is 2.19. The van der Waals surface area contributed by atoms with E-state index in [1.807, 2.05) is 24.3 Å². The van der Waals surface area contributed by atoms with E-state index in [0.717, 1.165) is 36.3 Å². The highest BCUT2D eigenvalue weighted by atomic mass is 16.2. The Bertz CT molecular complexity index is 541. The number of hydrogen-bond donors (Lipinski definition) is 3. The van der Waals surface area contributed by atoms with Crippen LogP contribution in [0.15, 0.2) is 36.8 Å². The minimum Gasteiger partial charge on any atom is -0.345 e. The molecule has 19 heavy (non-hydrogen) atoms. The summed E-state index contributed by atoms with van der Waals surface area (Å²) in [6.07, 6.45) is 5.40. The average Bonchev–Trinajstić information content (AvgIpc) is 3.13. The van der Waals surface area contributed by atoms with Crippen LogP contribution in [0.5, 0.6) is 0 Å². The molecule has 2 aromatic rings. The van der Waals surface area contributed by atoms with Gasteiger partial charge in [-0.3, -0.25) is 4.79 Å². The van der Waals surface area contributed by atoms with Crippen molar-refractivity contribution in [1.29, 1.82) is 0 Å². The lowest BCUT2D eigenvalue weighted by Gasteiger charge is -2.11. The number of imidazole rings is 1. The second-order valence-corrected chi connectivity index (χ2v) is 4.68. The molecule has 0 radical (unpaired) electrons. The highest BCUT2D eigenvalue weighted by molar-refractivity contribution is 5.95. The molecule has 1 aromatic carbocycles. The van der Waals surface area contributed by atoms with Crippen molar-refractivity contribution in [3.8, 4) is 11.3 Å². The summed E-state index contributed by atoms with van der Waals surface area (Å²) in [5.41, 5.74) is 2.84. The molecule has 1 aliphatic rings. The average molecular weight is 256 g/mol. The smallest absolute Gasteiger partial charge is 0.241 e. The normalized spacial score (nSPS) is 18.4. The number of amides is 1. The van der Waals surface area contributed by atoms with Gasteiger partial charge in [0.15, 0.2) is 0 Å². The fourth-order valence-corrected chi connectivity index (χ4v) is 2.28. The molecular weight excluding hydrogens is 240 g/mol. The number of hydrogen-bond acceptors (Lipinski definition) is 3. The summed E-state index contributed by atoms with van der Waals surface area (Å²) in [5, 5.41) is 6.11. The summed E-state index contributed by atoms with van der Waals surface area (Å²) in [6.45, 7) is 0.927. The Morgan fingerprint density at radius 2 is 2.16 bits per heavy atom. The zero-order valence-corrected chi connectivity index (χ0v) is 10.5. The fraction of sp³-hybridized carbons (Fsp3) is 0.286. The van der Waals surface area contributed by atoms with Gasteiger partial charge >= 0.3 is 0 Å². The fourth-order valence-electron chi connectivity index (χ4n) is 2.28. The molecule has 1 aromatic heterocycles. The summed E-state index contributed by atoms with van der Waals surface area (Å²) in [4.78, 5) is 19.0. The van der Waals surface area contributed by atoms with Crippen LogP contribution in [0.4, 0.5) is 5.69 Å². The molecule has 98 valence electrons. The number of aromatic nitrogens is 2. The van der Waals surface area contributed by atoms with Crippen molar-refractivity contribution in [1.82, 2.24) is 15.3 Å². The second kappa shape index (κ2) is 5.24. The minimum atomic E-state index is -0.0488. The topological polar surface area (TPSA) is 69.8 Å². The van der Waals surface area contributed by atoms with E-state index in [4.69, 9.17) is 0 Å². The van der Waals surface area contributed by atoms with E-state index in [1.165, 1.54) is 0 Å². The molecule has 2 heterocycles. The van der Waals surface area contributed by atoms with Gasteiger partial charge in [0.1, 0.15) is 0 Å². The van der Waals surface area contributed by atoms with E-state index in [-0.39, 0.29) is 11.9 Å². The lowest BCUT2D eigenvalue weighted by atomic mass is 10.1. The molecule has 0 saturated carbocycles. The van der Waals surface area contributed by atoms with Crippen LogP contribution in [0.1, 0.15) is 12.8 Å². The molecule has 1 saturated heterocycles. The first kappa shape index (κ1) is 11.9. The Kier molecular flexibility index (Phi) is 3.29. The summed E-state index contributed by atoms with van der Waals surface area (Å²) in [5.74, 6) is 0.0480. The molecule has 1 fully saturated rings. The third-order valence-electron chi connectivity index (χ3n) is 3.34. The van der Waals surface area contributed by atoms with Gasteiger partial charge in [-0.05, 0) is 37.1 Å². The number of benzene rings is 1. The molecule has 0 unspecified atom stereocenters. The van der Waals surface area contributed by atoms with Crippen LogP contribution >= 0.6 is 0 Å². The standard InChI is InChI=1S/C14H16N4O/c19-14(12-2-1-7-16-12)18-11-5-3-10(4-6-11)13-8-15-9-17-13/h3-6,8-9,12,16H,1-2,7H2,(H,15,17)(H,18,19)/t12-/m0/s1. The summed E-state index contributed by atoms with van der Waals surface area (Å²) >= 11 is 0. The maximum absolute atomic E-state index is 11.9. The number of H-pyrrole nitrogens is 1. The zero-order chi connectivity index (χ0) is 13.1. The lowest BCUT2D eigenvalue weighted by Crippen LogP contribution is -2.35. The van der Waals surface area contributed by atoms with Gasteiger partial charge in [0.05, 0.1) is 24.3 Å². The largest absolute Gasteiger partial charge is 0.345 e. The van der Waals surface area contributed by atoms with Gasteiger partial charge in [-0.1, -0.05) is 12.1 Å². The molecule has 1 aliphatic heterocycles. The number of aromatic amines is 1. The Labute approximate surface area is 111 Å². The van der Waals surface area contributed by atoms with Crippen molar-refractivity contribution >= 4 is 11.6 Å². The molecule has 5 heteroatoms. The quantitative estimate of drug-likeness (QED) is 0.783.